The van der Waals surface area contributed by atoms with Crippen molar-refractivity contribution in [3.05, 3.63) is 23.8 Å². The van der Waals surface area contributed by atoms with E-state index < -0.39 is 10.0 Å². The van der Waals surface area contributed by atoms with Gasteiger partial charge in [-0.25, -0.2) is 13.1 Å². The molecule has 0 radical (unpaired) electrons. The quantitative estimate of drug-likeness (QED) is 0.703. The number of hydrogen-bond acceptors (Lipinski definition) is 5. The number of nitrogens with one attached hydrogen (secondary N) is 2. The molecule has 1 atom stereocenters. The van der Waals surface area contributed by atoms with Gasteiger partial charge in [0.25, 0.3) is 5.91 Å². The molecule has 1 unspecified atom stereocenters. The summed E-state index contributed by atoms with van der Waals surface area (Å²) in [5, 5.41) is 2.84. The molecule has 1 aliphatic carbocycles. The Balaban J connectivity index is 1.69. The minimum atomic E-state index is -3.75. The van der Waals surface area contributed by atoms with E-state index in [1.165, 1.54) is 19.2 Å². The number of rotatable bonds is 8. The topological polar surface area (TPSA) is 93.7 Å². The van der Waals surface area contributed by atoms with Crippen molar-refractivity contribution in [3.63, 3.8) is 0 Å². The highest BCUT2D eigenvalue weighted by Gasteiger charge is 2.26. The fraction of sp³-hybridized carbons (Fsp3) is 0.632. The normalized spacial score (nSPS) is 20.7. The lowest BCUT2D eigenvalue weighted by atomic mass is 10.1. The van der Waals surface area contributed by atoms with E-state index in [9.17, 15) is 13.2 Å². The average Bonchev–Trinajstić information content (AvgIpc) is 3.35. The van der Waals surface area contributed by atoms with Gasteiger partial charge in [0.1, 0.15) is 10.6 Å². The van der Waals surface area contributed by atoms with Gasteiger partial charge in [-0.15, -0.1) is 0 Å². The summed E-state index contributed by atoms with van der Waals surface area (Å²) >= 11 is 0. The summed E-state index contributed by atoms with van der Waals surface area (Å²) in [6, 6.07) is 4.44. The number of ether oxygens (including phenoxy) is 2. The third-order valence-electron chi connectivity index (χ3n) is 5.17. The van der Waals surface area contributed by atoms with Gasteiger partial charge in [0.15, 0.2) is 0 Å². The molecule has 1 amide bonds. The summed E-state index contributed by atoms with van der Waals surface area (Å²) in [7, 11) is -2.33. The Morgan fingerprint density at radius 2 is 2.00 bits per heavy atom. The zero-order valence-corrected chi connectivity index (χ0v) is 16.5. The second-order valence-electron chi connectivity index (χ2n) is 7.15. The van der Waals surface area contributed by atoms with Gasteiger partial charge in [0.2, 0.25) is 10.0 Å². The number of benzene rings is 1. The van der Waals surface area contributed by atoms with Crippen molar-refractivity contribution < 1.29 is 22.7 Å². The molecule has 1 saturated carbocycles. The Kier molecular flexibility index (Phi) is 6.73. The molecule has 1 aliphatic heterocycles. The van der Waals surface area contributed by atoms with Crippen molar-refractivity contribution in [2.24, 2.45) is 0 Å². The molecule has 2 fully saturated rings. The molecule has 2 aliphatic rings. The zero-order chi connectivity index (χ0) is 19.3. The van der Waals surface area contributed by atoms with Gasteiger partial charge in [-0.1, -0.05) is 12.8 Å². The van der Waals surface area contributed by atoms with Crippen LogP contribution in [0, 0.1) is 0 Å². The number of sulfonamides is 1. The van der Waals surface area contributed by atoms with Gasteiger partial charge in [-0.05, 0) is 50.3 Å². The monoisotopic (exact) mass is 396 g/mol. The highest BCUT2D eigenvalue weighted by Crippen LogP contribution is 2.27. The molecule has 27 heavy (non-hydrogen) atoms. The van der Waals surface area contributed by atoms with Crippen LogP contribution in [0.2, 0.25) is 0 Å². The standard InChI is InChI=1S/C19H28N2O5S/c1-25-17-9-8-14(19(22)20-11-10-16-7-4-12-26-16)13-18(17)27(23,24)21-15-5-2-3-6-15/h8-9,13,15-16,21H,2-7,10-12H2,1H3,(H,20,22). The molecule has 1 aromatic carbocycles. The summed E-state index contributed by atoms with van der Waals surface area (Å²) < 4.78 is 39.1. The molecular weight excluding hydrogens is 368 g/mol. The maximum absolute atomic E-state index is 12.8. The molecule has 1 saturated heterocycles. The lowest BCUT2D eigenvalue weighted by Crippen LogP contribution is -2.33. The van der Waals surface area contributed by atoms with Gasteiger partial charge < -0.3 is 14.8 Å². The van der Waals surface area contributed by atoms with Crippen molar-refractivity contribution in [2.45, 2.75) is 62.0 Å². The number of methoxy groups -OCH3 is 1. The lowest BCUT2D eigenvalue weighted by molar-refractivity contribution is 0.0907. The molecule has 0 spiro atoms. The van der Waals surface area contributed by atoms with E-state index in [2.05, 4.69) is 10.0 Å². The molecule has 2 N–H and O–H groups in total. The van der Waals surface area contributed by atoms with Crippen molar-refractivity contribution in [1.82, 2.24) is 10.0 Å². The second-order valence-corrected chi connectivity index (χ2v) is 8.83. The first kappa shape index (κ1) is 20.1. The molecule has 1 aromatic rings. The molecule has 3 rings (SSSR count). The van der Waals surface area contributed by atoms with Gasteiger partial charge in [-0.2, -0.15) is 0 Å². The summed E-state index contributed by atoms with van der Waals surface area (Å²) in [4.78, 5) is 12.4. The van der Waals surface area contributed by atoms with Crippen LogP contribution in [0.25, 0.3) is 0 Å². The predicted molar refractivity (Wildman–Crippen MR) is 101 cm³/mol. The molecule has 7 nitrogen and oxygen atoms in total. The average molecular weight is 397 g/mol. The third-order valence-corrected chi connectivity index (χ3v) is 6.71. The number of carbonyl (C=O) groups is 1. The van der Waals surface area contributed by atoms with E-state index >= 15 is 0 Å². The van der Waals surface area contributed by atoms with E-state index in [0.29, 0.717) is 12.1 Å². The van der Waals surface area contributed by atoms with E-state index in [1.807, 2.05) is 0 Å². The van der Waals surface area contributed by atoms with E-state index in [4.69, 9.17) is 9.47 Å². The fourth-order valence-electron chi connectivity index (χ4n) is 3.68. The Hall–Kier alpha value is -1.64. The Bertz CT molecular complexity index is 753. The Morgan fingerprint density at radius 1 is 1.22 bits per heavy atom. The number of amides is 1. The summed E-state index contributed by atoms with van der Waals surface area (Å²) in [6.45, 7) is 1.28. The Morgan fingerprint density at radius 3 is 2.67 bits per heavy atom. The SMILES string of the molecule is COc1ccc(C(=O)NCCC2CCCO2)cc1S(=O)(=O)NC1CCCC1. The largest absolute Gasteiger partial charge is 0.495 e. The predicted octanol–water partition coefficient (Wildman–Crippen LogP) is 2.21. The van der Waals surface area contributed by atoms with Crippen molar-refractivity contribution in [2.75, 3.05) is 20.3 Å². The van der Waals surface area contributed by atoms with Gasteiger partial charge in [-0.3, -0.25) is 4.79 Å². The van der Waals surface area contributed by atoms with E-state index in [0.717, 1.165) is 51.6 Å². The van der Waals surface area contributed by atoms with Crippen LogP contribution in [0.3, 0.4) is 0 Å². The lowest BCUT2D eigenvalue weighted by Gasteiger charge is -2.16. The van der Waals surface area contributed by atoms with Crippen LogP contribution in [-0.4, -0.2) is 46.7 Å². The van der Waals surface area contributed by atoms with E-state index in [1.54, 1.807) is 6.07 Å². The van der Waals surface area contributed by atoms with Crippen molar-refractivity contribution in [3.8, 4) is 5.75 Å². The van der Waals surface area contributed by atoms with Crippen LogP contribution < -0.4 is 14.8 Å². The molecule has 0 bridgehead atoms. The molecule has 8 heteroatoms. The number of hydrogen-bond donors (Lipinski definition) is 2. The van der Waals surface area contributed by atoms with Crippen LogP contribution in [0.1, 0.15) is 55.3 Å². The molecule has 150 valence electrons. The molecular formula is C19H28N2O5S. The van der Waals surface area contributed by atoms with Crippen LogP contribution in [0.5, 0.6) is 5.75 Å². The zero-order valence-electron chi connectivity index (χ0n) is 15.7. The van der Waals surface area contributed by atoms with Crippen LogP contribution in [0.4, 0.5) is 0 Å². The minimum absolute atomic E-state index is 0.00340. The second kappa shape index (κ2) is 9.03. The van der Waals surface area contributed by atoms with Crippen LogP contribution in [-0.2, 0) is 14.8 Å². The maximum Gasteiger partial charge on any atom is 0.251 e. The van der Waals surface area contributed by atoms with Crippen LogP contribution >= 0.6 is 0 Å². The number of carbonyl (C=O) groups excluding carboxylic acids is 1. The fourth-order valence-corrected chi connectivity index (χ4v) is 5.18. The minimum Gasteiger partial charge on any atom is -0.495 e. The Labute approximate surface area is 160 Å². The summed E-state index contributed by atoms with van der Waals surface area (Å²) in [6.07, 6.45) is 6.77. The third kappa shape index (κ3) is 5.21. The summed E-state index contributed by atoms with van der Waals surface area (Å²) in [5.74, 6) is -0.0654. The first-order valence-corrected chi connectivity index (χ1v) is 11.1. The van der Waals surface area contributed by atoms with Crippen molar-refractivity contribution >= 4 is 15.9 Å². The first-order valence-electron chi connectivity index (χ1n) is 9.60. The van der Waals surface area contributed by atoms with Gasteiger partial charge in [0.05, 0.1) is 13.2 Å². The van der Waals surface area contributed by atoms with Gasteiger partial charge in [0, 0.05) is 24.8 Å². The van der Waals surface area contributed by atoms with Crippen LogP contribution in [0.15, 0.2) is 23.1 Å². The molecule has 1 heterocycles. The highest BCUT2D eigenvalue weighted by atomic mass is 32.2. The van der Waals surface area contributed by atoms with Crippen molar-refractivity contribution in [1.29, 1.82) is 0 Å². The highest BCUT2D eigenvalue weighted by molar-refractivity contribution is 7.89. The summed E-state index contributed by atoms with van der Waals surface area (Å²) in [5.41, 5.74) is 0.301. The smallest absolute Gasteiger partial charge is 0.251 e. The van der Waals surface area contributed by atoms with Gasteiger partial charge >= 0.3 is 0 Å². The molecule has 0 aromatic heterocycles. The van der Waals surface area contributed by atoms with E-state index in [-0.39, 0.29) is 28.7 Å². The first-order chi connectivity index (χ1) is 13.0. The maximum atomic E-state index is 12.8.